The molecule has 0 bridgehead atoms. The number of hydrogen-bond acceptors (Lipinski definition) is 4. The van der Waals surface area contributed by atoms with Gasteiger partial charge in [0.1, 0.15) is 11.6 Å². The summed E-state index contributed by atoms with van der Waals surface area (Å²) in [5.74, 6) is 5.25. The predicted molar refractivity (Wildman–Crippen MR) is 119 cm³/mol. The molecule has 4 nitrogen and oxygen atoms in total. The molecule has 2 aromatic carbocycles. The van der Waals surface area contributed by atoms with Gasteiger partial charge in [-0.2, -0.15) is 0 Å². The zero-order valence-electron chi connectivity index (χ0n) is 17.7. The third-order valence-corrected chi connectivity index (χ3v) is 5.83. The van der Waals surface area contributed by atoms with E-state index in [0.717, 1.165) is 35.2 Å². The first kappa shape index (κ1) is 21.3. The largest absolute Gasteiger partial charge is 0.449 e. The molecule has 0 unspecified atom stereocenters. The van der Waals surface area contributed by atoms with Crippen LogP contribution in [-0.4, -0.2) is 28.3 Å². The highest BCUT2D eigenvalue weighted by Gasteiger charge is 2.30. The number of cyclic esters (lactones) is 1. The highest BCUT2D eigenvalue weighted by atomic mass is 19.1. The molecule has 1 aliphatic carbocycles. The van der Waals surface area contributed by atoms with E-state index in [4.69, 9.17) is 9.72 Å². The van der Waals surface area contributed by atoms with Crippen molar-refractivity contribution in [3.8, 4) is 34.2 Å². The van der Waals surface area contributed by atoms with E-state index in [1.807, 2.05) is 6.07 Å². The van der Waals surface area contributed by atoms with Gasteiger partial charge in [0, 0.05) is 23.5 Å². The van der Waals surface area contributed by atoms with Crippen LogP contribution in [0.25, 0.3) is 22.4 Å². The van der Waals surface area contributed by atoms with Crippen LogP contribution in [0.5, 0.6) is 0 Å². The second-order valence-corrected chi connectivity index (χ2v) is 8.44. The molecule has 1 saturated heterocycles. The van der Waals surface area contributed by atoms with Gasteiger partial charge in [-0.3, -0.25) is 9.78 Å². The summed E-state index contributed by atoms with van der Waals surface area (Å²) in [5.41, 5.74) is 4.53. The Balaban J connectivity index is 1.65. The van der Waals surface area contributed by atoms with Crippen LogP contribution in [0.3, 0.4) is 0 Å². The van der Waals surface area contributed by atoms with E-state index < -0.39 is 18.2 Å². The Bertz CT molecular complexity index is 1260. The molecule has 0 radical (unpaired) electrons. The Kier molecular flexibility index (Phi) is 5.65. The fraction of sp³-hybridized carbons (Fsp3) is 0.259. The maximum absolute atomic E-state index is 13.6. The van der Waals surface area contributed by atoms with Crippen LogP contribution in [-0.2, 0) is 9.53 Å². The first-order valence-corrected chi connectivity index (χ1v) is 10.9. The van der Waals surface area contributed by atoms with E-state index >= 15 is 0 Å². The Hall–Kier alpha value is -3.56. The summed E-state index contributed by atoms with van der Waals surface area (Å²) in [4.78, 5) is 16.6. The fourth-order valence-corrected chi connectivity index (χ4v) is 3.99. The highest BCUT2D eigenvalue weighted by Crippen LogP contribution is 2.44. The number of rotatable bonds is 3. The molecule has 2 atom stereocenters. The summed E-state index contributed by atoms with van der Waals surface area (Å²) in [6.07, 6.45) is 0.712. The summed E-state index contributed by atoms with van der Waals surface area (Å²) in [7, 11) is 0. The van der Waals surface area contributed by atoms with Crippen LogP contribution in [0.15, 0.2) is 54.6 Å². The average molecular weight is 445 g/mol. The number of hydrogen-bond donors (Lipinski definition) is 1. The van der Waals surface area contributed by atoms with Crippen molar-refractivity contribution >= 4 is 5.97 Å². The highest BCUT2D eigenvalue weighted by molar-refractivity contribution is 5.78. The van der Waals surface area contributed by atoms with Crippen LogP contribution >= 0.6 is 0 Å². The first-order valence-electron chi connectivity index (χ1n) is 10.9. The minimum Gasteiger partial charge on any atom is -0.449 e. The zero-order valence-corrected chi connectivity index (χ0v) is 17.7. The van der Waals surface area contributed by atoms with Crippen LogP contribution in [0.4, 0.5) is 8.78 Å². The van der Waals surface area contributed by atoms with Crippen LogP contribution in [0.1, 0.15) is 42.9 Å². The number of carbonyl (C=O) groups is 1. The summed E-state index contributed by atoms with van der Waals surface area (Å²) >= 11 is 0. The van der Waals surface area contributed by atoms with Gasteiger partial charge in [-0.1, -0.05) is 24.0 Å². The van der Waals surface area contributed by atoms with Gasteiger partial charge in [0.2, 0.25) is 0 Å². The number of pyridine rings is 1. The zero-order chi connectivity index (χ0) is 22.9. The summed E-state index contributed by atoms with van der Waals surface area (Å²) in [6, 6.07) is 14.2. The molecule has 0 spiro atoms. The molecule has 5 rings (SSSR count). The molecular formula is C27H21F2NO3. The van der Waals surface area contributed by atoms with Crippen molar-refractivity contribution in [2.75, 3.05) is 0 Å². The van der Waals surface area contributed by atoms with E-state index in [1.165, 1.54) is 24.3 Å². The van der Waals surface area contributed by atoms with Gasteiger partial charge in [-0.15, -0.1) is 0 Å². The van der Waals surface area contributed by atoms with Crippen molar-refractivity contribution in [1.29, 1.82) is 0 Å². The van der Waals surface area contributed by atoms with Crippen molar-refractivity contribution < 1.29 is 23.4 Å². The average Bonchev–Trinajstić information content (AvgIpc) is 3.63. The Morgan fingerprint density at radius 2 is 1.61 bits per heavy atom. The number of halogens is 2. The third-order valence-electron chi connectivity index (χ3n) is 5.83. The molecule has 166 valence electrons. The van der Waals surface area contributed by atoms with Gasteiger partial charge in [0.05, 0.1) is 29.5 Å². The summed E-state index contributed by atoms with van der Waals surface area (Å²) in [6.45, 7) is 0. The van der Waals surface area contributed by atoms with Crippen molar-refractivity contribution in [1.82, 2.24) is 4.98 Å². The number of aliphatic hydroxyl groups is 1. The lowest BCUT2D eigenvalue weighted by atomic mass is 9.94. The van der Waals surface area contributed by atoms with E-state index in [0.29, 0.717) is 11.3 Å². The minimum atomic E-state index is -0.774. The lowest BCUT2D eigenvalue weighted by molar-refractivity contribution is -0.155. The normalized spacial score (nSPS) is 20.0. The van der Waals surface area contributed by atoms with Crippen molar-refractivity contribution in [3.05, 3.63) is 77.5 Å². The number of nitrogens with zero attached hydrogens (tertiary/aromatic N) is 1. The first-order chi connectivity index (χ1) is 16.0. The number of benzene rings is 2. The van der Waals surface area contributed by atoms with Crippen molar-refractivity contribution in [2.24, 2.45) is 0 Å². The maximum Gasteiger partial charge on any atom is 0.309 e. The fourth-order valence-electron chi connectivity index (χ4n) is 3.99. The molecule has 2 fully saturated rings. The molecular weight excluding hydrogens is 424 g/mol. The predicted octanol–water partition coefficient (Wildman–Crippen LogP) is 4.99. The quantitative estimate of drug-likeness (QED) is 0.456. The third kappa shape index (κ3) is 4.79. The summed E-state index contributed by atoms with van der Waals surface area (Å²) < 4.78 is 32.4. The second-order valence-electron chi connectivity index (χ2n) is 8.44. The summed E-state index contributed by atoms with van der Waals surface area (Å²) in [5, 5.41) is 9.90. The Morgan fingerprint density at radius 3 is 2.21 bits per heavy atom. The minimum absolute atomic E-state index is 0.0275. The van der Waals surface area contributed by atoms with Crippen LogP contribution < -0.4 is 0 Å². The van der Waals surface area contributed by atoms with Gasteiger partial charge in [-0.25, -0.2) is 8.78 Å². The van der Waals surface area contributed by atoms with Crippen LogP contribution in [0, 0.1) is 23.5 Å². The van der Waals surface area contributed by atoms with Crippen LogP contribution in [0.2, 0.25) is 0 Å². The molecule has 1 N–H and O–H groups in total. The molecule has 3 aromatic rings. The lowest BCUT2D eigenvalue weighted by Crippen LogP contribution is -2.31. The van der Waals surface area contributed by atoms with Gasteiger partial charge < -0.3 is 9.84 Å². The molecule has 33 heavy (non-hydrogen) atoms. The Morgan fingerprint density at radius 1 is 0.970 bits per heavy atom. The molecule has 2 aliphatic rings. The lowest BCUT2D eigenvalue weighted by Gasteiger charge is -2.22. The van der Waals surface area contributed by atoms with E-state index in [1.54, 1.807) is 24.3 Å². The molecule has 2 heterocycles. The van der Waals surface area contributed by atoms with Crippen molar-refractivity contribution in [3.63, 3.8) is 0 Å². The van der Waals surface area contributed by atoms with Gasteiger partial charge in [-0.05, 0) is 60.9 Å². The molecule has 0 amide bonds. The van der Waals surface area contributed by atoms with Crippen molar-refractivity contribution in [2.45, 2.75) is 43.8 Å². The number of aromatic nitrogens is 1. The van der Waals surface area contributed by atoms with E-state index in [-0.39, 0.29) is 30.4 Å². The second kappa shape index (κ2) is 8.76. The number of ether oxygens (including phenoxy) is 1. The van der Waals surface area contributed by atoms with E-state index in [2.05, 4.69) is 11.8 Å². The SMILES string of the molecule is O=C1C[C@H](O)C[C@@H](C#Cc2c(-c3ccc(F)cc3)cc(-c3ccc(F)cc3)nc2C2CC2)O1. The number of esters is 1. The van der Waals surface area contributed by atoms with Gasteiger partial charge in [0.25, 0.3) is 0 Å². The monoisotopic (exact) mass is 445 g/mol. The van der Waals surface area contributed by atoms with E-state index in [9.17, 15) is 18.7 Å². The topological polar surface area (TPSA) is 59.4 Å². The number of aliphatic hydroxyl groups excluding tert-OH is 1. The standard InChI is InChI=1S/C27H21F2NO3/c28-19-7-3-16(4-8-19)24-15-25(17-5-9-20(29)10-6-17)30-27(18-1-2-18)23(24)12-11-22-13-21(31)14-26(32)33-22/h3-10,15,18,21-22,31H,1-2,13-14H2/t21-,22-/m1/s1. The van der Waals surface area contributed by atoms with Gasteiger partial charge >= 0.3 is 5.97 Å². The number of carbonyl (C=O) groups excluding carboxylic acids is 1. The molecule has 1 aliphatic heterocycles. The maximum atomic E-state index is 13.6. The molecule has 1 saturated carbocycles. The molecule has 6 heteroatoms. The molecule has 1 aromatic heterocycles. The van der Waals surface area contributed by atoms with Gasteiger partial charge in [0.15, 0.2) is 6.10 Å². The smallest absolute Gasteiger partial charge is 0.309 e. The Labute approximate surface area is 190 Å².